The highest BCUT2D eigenvalue weighted by molar-refractivity contribution is 7.98. The number of amides is 3. The fraction of sp³-hybridized carbons (Fsp3) is 0.538. The maximum Gasteiger partial charge on any atom is 0.408 e. The Morgan fingerprint density at radius 3 is 2.40 bits per heavy atom. The molecule has 1 rings (SSSR count). The van der Waals surface area contributed by atoms with Gasteiger partial charge in [0.15, 0.2) is 0 Å². The number of rotatable bonds is 12. The number of thioether (sulfide) groups is 1. The Balaban J connectivity index is 3.38. The van der Waals surface area contributed by atoms with Gasteiger partial charge in [-0.25, -0.2) is 4.79 Å². The number of ether oxygens (including phenoxy) is 1. The van der Waals surface area contributed by atoms with Crippen molar-refractivity contribution in [2.75, 3.05) is 25.1 Å². The summed E-state index contributed by atoms with van der Waals surface area (Å²) in [5, 5.41) is 15.0. The highest BCUT2D eigenvalue weighted by atomic mass is 32.2. The van der Waals surface area contributed by atoms with Crippen molar-refractivity contribution in [1.82, 2.24) is 15.5 Å². The zero-order valence-electron chi connectivity index (χ0n) is 21.2. The Morgan fingerprint density at radius 1 is 1.23 bits per heavy atom. The Morgan fingerprint density at radius 2 is 1.89 bits per heavy atom. The number of alkyl carbamates (subject to hydrolysis) is 1. The van der Waals surface area contributed by atoms with E-state index in [1.165, 1.54) is 16.7 Å². The van der Waals surface area contributed by atoms with Crippen LogP contribution in [0.25, 0.3) is 0 Å². The number of hydrogen-bond acceptors (Lipinski definition) is 6. The molecule has 35 heavy (non-hydrogen) atoms. The molecule has 190 valence electrons. The molecule has 0 saturated heterocycles. The number of carbonyl (C=O) groups is 3. The van der Waals surface area contributed by atoms with Gasteiger partial charge in [-0.3, -0.25) is 9.59 Å². The van der Waals surface area contributed by atoms with Crippen LogP contribution < -0.4 is 10.6 Å². The van der Waals surface area contributed by atoms with Crippen molar-refractivity contribution in [3.05, 3.63) is 35.4 Å². The number of terminal acetylenes is 1. The number of carbonyl (C=O) groups excluding carboxylic acids is 3. The van der Waals surface area contributed by atoms with Crippen molar-refractivity contribution in [3.63, 3.8) is 0 Å². The first-order valence-electron chi connectivity index (χ1n) is 11.6. The third-order valence-corrected chi connectivity index (χ3v) is 5.55. The maximum atomic E-state index is 13.7. The second-order valence-corrected chi connectivity index (χ2v) is 9.90. The van der Waals surface area contributed by atoms with Crippen LogP contribution in [0.15, 0.2) is 24.3 Å². The molecule has 0 spiro atoms. The molecule has 0 aliphatic heterocycles. The molecule has 0 aliphatic carbocycles. The van der Waals surface area contributed by atoms with Gasteiger partial charge >= 0.3 is 6.09 Å². The SMILES string of the molecule is C#Cc1ccc(C(C(=O)NCCCC)N(CC#N)C(=O)C(CCSC)NC(=O)OC(C)(C)C)cc1. The van der Waals surface area contributed by atoms with E-state index >= 15 is 0 Å². The molecule has 0 aromatic heterocycles. The molecule has 0 saturated carbocycles. The van der Waals surface area contributed by atoms with Gasteiger partial charge in [0, 0.05) is 12.1 Å². The normalized spacial score (nSPS) is 12.4. The van der Waals surface area contributed by atoms with E-state index in [-0.39, 0.29) is 6.54 Å². The van der Waals surface area contributed by atoms with Crippen LogP contribution in [0, 0.1) is 23.7 Å². The van der Waals surface area contributed by atoms with Crippen LogP contribution in [0.3, 0.4) is 0 Å². The minimum Gasteiger partial charge on any atom is -0.444 e. The summed E-state index contributed by atoms with van der Waals surface area (Å²) in [7, 11) is 0. The fourth-order valence-electron chi connectivity index (χ4n) is 3.24. The molecule has 3 amide bonds. The van der Waals surface area contributed by atoms with Gasteiger partial charge < -0.3 is 20.3 Å². The Hall–Kier alpha value is -3.17. The zero-order valence-corrected chi connectivity index (χ0v) is 22.0. The molecular weight excluding hydrogens is 464 g/mol. The molecule has 0 aliphatic rings. The summed E-state index contributed by atoms with van der Waals surface area (Å²) in [5.74, 6) is 2.16. The molecular formula is C26H36N4O4S. The molecule has 0 heterocycles. The Kier molecular flexibility index (Phi) is 12.8. The van der Waals surface area contributed by atoms with E-state index in [1.54, 1.807) is 45.0 Å². The lowest BCUT2D eigenvalue weighted by Crippen LogP contribution is -2.53. The Bertz CT molecular complexity index is 929. The van der Waals surface area contributed by atoms with Gasteiger partial charge in [0.05, 0.1) is 6.07 Å². The summed E-state index contributed by atoms with van der Waals surface area (Å²) in [5.41, 5.74) is 0.397. The summed E-state index contributed by atoms with van der Waals surface area (Å²) >= 11 is 1.52. The summed E-state index contributed by atoms with van der Waals surface area (Å²) < 4.78 is 5.33. The van der Waals surface area contributed by atoms with Crippen LogP contribution in [0.4, 0.5) is 4.79 Å². The van der Waals surface area contributed by atoms with Gasteiger partial charge in [-0.15, -0.1) is 6.42 Å². The average Bonchev–Trinajstić information content (AvgIpc) is 2.80. The van der Waals surface area contributed by atoms with Crippen molar-refractivity contribution in [1.29, 1.82) is 5.26 Å². The van der Waals surface area contributed by atoms with Crippen LogP contribution in [0.1, 0.15) is 64.1 Å². The first-order chi connectivity index (χ1) is 16.6. The Labute approximate surface area is 213 Å². The predicted octanol–water partition coefficient (Wildman–Crippen LogP) is 3.62. The molecule has 0 radical (unpaired) electrons. The number of hydrogen-bond donors (Lipinski definition) is 2. The van der Waals surface area contributed by atoms with Crippen LogP contribution in [0.2, 0.25) is 0 Å². The van der Waals surface area contributed by atoms with Crippen molar-refractivity contribution in [2.45, 2.75) is 64.6 Å². The van der Waals surface area contributed by atoms with Crippen molar-refractivity contribution >= 4 is 29.7 Å². The highest BCUT2D eigenvalue weighted by Gasteiger charge is 2.36. The molecule has 1 aromatic carbocycles. The second-order valence-electron chi connectivity index (χ2n) is 8.92. The summed E-state index contributed by atoms with van der Waals surface area (Å²) in [6.07, 6.45) is 8.58. The van der Waals surface area contributed by atoms with Crippen LogP contribution in [0.5, 0.6) is 0 Å². The molecule has 2 unspecified atom stereocenters. The van der Waals surface area contributed by atoms with Crippen LogP contribution in [-0.4, -0.2) is 59.5 Å². The predicted molar refractivity (Wildman–Crippen MR) is 139 cm³/mol. The van der Waals surface area contributed by atoms with Crippen LogP contribution >= 0.6 is 11.8 Å². The molecule has 0 bridgehead atoms. The van der Waals surface area contributed by atoms with E-state index in [4.69, 9.17) is 11.2 Å². The van der Waals surface area contributed by atoms with Crippen molar-refractivity contribution < 1.29 is 19.1 Å². The molecule has 2 atom stereocenters. The first-order valence-corrected chi connectivity index (χ1v) is 13.0. The minimum absolute atomic E-state index is 0.307. The third-order valence-electron chi connectivity index (χ3n) is 4.91. The lowest BCUT2D eigenvalue weighted by Gasteiger charge is -2.33. The number of nitrogens with zero attached hydrogens (tertiary/aromatic N) is 2. The van der Waals surface area contributed by atoms with E-state index < -0.39 is 35.6 Å². The maximum absolute atomic E-state index is 13.7. The van der Waals surface area contributed by atoms with Gasteiger partial charge in [0.1, 0.15) is 24.2 Å². The van der Waals surface area contributed by atoms with E-state index in [9.17, 15) is 19.6 Å². The zero-order chi connectivity index (χ0) is 26.4. The van der Waals surface area contributed by atoms with Gasteiger partial charge in [0.25, 0.3) is 0 Å². The standard InChI is InChI=1S/C26H36N4O4S/c1-7-9-16-28-23(31)22(20-12-10-19(8-2)11-13-20)30(17-15-27)24(32)21(14-18-35-6)29-25(33)34-26(3,4)5/h2,10-13,21-22H,7,9,14,16-18H2,1,3-6H3,(H,28,31)(H,29,33). The number of benzene rings is 1. The van der Waals surface area contributed by atoms with Crippen molar-refractivity contribution in [2.24, 2.45) is 0 Å². The van der Waals surface area contributed by atoms with E-state index in [1.807, 2.05) is 19.2 Å². The summed E-state index contributed by atoms with van der Waals surface area (Å²) in [4.78, 5) is 40.6. The smallest absolute Gasteiger partial charge is 0.408 e. The largest absolute Gasteiger partial charge is 0.444 e. The molecule has 2 N–H and O–H groups in total. The summed E-state index contributed by atoms with van der Waals surface area (Å²) in [6, 6.07) is 6.67. The highest BCUT2D eigenvalue weighted by Crippen LogP contribution is 2.24. The molecule has 8 nitrogen and oxygen atoms in total. The topological polar surface area (TPSA) is 112 Å². The number of nitrogens with one attached hydrogen (secondary N) is 2. The van der Waals surface area contributed by atoms with E-state index in [0.29, 0.717) is 29.8 Å². The fourth-order valence-corrected chi connectivity index (χ4v) is 3.71. The lowest BCUT2D eigenvalue weighted by molar-refractivity contribution is -0.141. The van der Waals surface area contributed by atoms with Crippen molar-refractivity contribution in [3.8, 4) is 18.4 Å². The van der Waals surface area contributed by atoms with Gasteiger partial charge in [-0.2, -0.15) is 17.0 Å². The van der Waals surface area contributed by atoms with E-state index in [0.717, 1.165) is 12.8 Å². The monoisotopic (exact) mass is 500 g/mol. The van der Waals surface area contributed by atoms with Gasteiger partial charge in [-0.1, -0.05) is 31.4 Å². The van der Waals surface area contributed by atoms with Gasteiger partial charge in [0.2, 0.25) is 11.8 Å². The minimum atomic E-state index is -1.07. The quantitative estimate of drug-likeness (QED) is 0.258. The second kappa shape index (κ2) is 15.0. The molecule has 9 heteroatoms. The average molecular weight is 501 g/mol. The molecule has 1 aromatic rings. The summed E-state index contributed by atoms with van der Waals surface area (Å²) in [6.45, 7) is 7.28. The first kappa shape index (κ1) is 29.9. The lowest BCUT2D eigenvalue weighted by atomic mass is 10.0. The van der Waals surface area contributed by atoms with Crippen LogP contribution in [-0.2, 0) is 14.3 Å². The number of nitriles is 1. The van der Waals surface area contributed by atoms with E-state index in [2.05, 4.69) is 16.6 Å². The third kappa shape index (κ3) is 10.3. The number of unbranched alkanes of at least 4 members (excludes halogenated alkanes) is 1. The molecule has 0 fully saturated rings. The van der Waals surface area contributed by atoms with Gasteiger partial charge in [-0.05, 0) is 63.3 Å².